The molecule has 0 spiro atoms. The highest BCUT2D eigenvalue weighted by Crippen LogP contribution is 2.15. The Kier molecular flexibility index (Phi) is 4.77. The molecule has 0 aliphatic heterocycles. The van der Waals surface area contributed by atoms with E-state index in [2.05, 4.69) is 0 Å². The van der Waals surface area contributed by atoms with E-state index in [4.69, 9.17) is 0 Å². The summed E-state index contributed by atoms with van der Waals surface area (Å²) in [4.78, 5) is 21.5. The maximum atomic E-state index is 11.9. The molecule has 1 amide bonds. The lowest BCUT2D eigenvalue weighted by Gasteiger charge is -2.18. The van der Waals surface area contributed by atoms with Crippen LogP contribution in [0.15, 0.2) is 0 Å². The molecular weight excluding hydrogens is 211 g/mol. The van der Waals surface area contributed by atoms with E-state index >= 15 is 0 Å². The van der Waals surface area contributed by atoms with E-state index in [0.29, 0.717) is 0 Å². The second kappa shape index (κ2) is 5.14. The lowest BCUT2D eigenvalue weighted by molar-refractivity contribution is -0.174. The van der Waals surface area contributed by atoms with Gasteiger partial charge in [0.25, 0.3) is 0 Å². The van der Waals surface area contributed by atoms with Crippen LogP contribution in [0, 0.1) is 5.92 Å². The summed E-state index contributed by atoms with van der Waals surface area (Å²) in [6.07, 6.45) is -4.73. The molecule has 1 unspecified atom stereocenters. The van der Waals surface area contributed by atoms with E-state index in [1.54, 1.807) is 19.2 Å². The van der Waals surface area contributed by atoms with E-state index in [1.807, 2.05) is 0 Å². The van der Waals surface area contributed by atoms with Gasteiger partial charge in [-0.05, 0) is 19.3 Å². The fraction of sp³-hybridized carbons (Fsp3) is 0.778. The molecule has 0 aromatic carbocycles. The highest BCUT2D eigenvalue weighted by molar-refractivity contribution is 5.89. The number of Topliss-reactive ketones (excluding diaryl/α,β-unsaturated/α-hetero) is 1. The van der Waals surface area contributed by atoms with Gasteiger partial charge >= 0.3 is 12.1 Å². The third-order valence-corrected chi connectivity index (χ3v) is 1.76. The monoisotopic (exact) mass is 225 g/mol. The molecule has 0 rings (SSSR count). The molecule has 0 aliphatic carbocycles. The number of rotatable bonds is 4. The number of carbonyl (C=O) groups excluding carboxylic acids is 2. The standard InChI is InChI=1S/C9H14F3NO2/c1-5(2)4-7(6(3)14)13-8(15)9(10,11)12/h5,7H,4H2,1-3H3,(H,13,15). The van der Waals surface area contributed by atoms with Gasteiger partial charge in [-0.3, -0.25) is 9.59 Å². The van der Waals surface area contributed by atoms with Crippen LogP contribution in [0.5, 0.6) is 0 Å². The average molecular weight is 225 g/mol. The van der Waals surface area contributed by atoms with Gasteiger partial charge in [0.2, 0.25) is 0 Å². The van der Waals surface area contributed by atoms with Gasteiger partial charge in [-0.1, -0.05) is 13.8 Å². The van der Waals surface area contributed by atoms with Gasteiger partial charge in [0.15, 0.2) is 5.78 Å². The van der Waals surface area contributed by atoms with Crippen molar-refractivity contribution in [2.24, 2.45) is 5.92 Å². The van der Waals surface area contributed by atoms with Crippen molar-refractivity contribution in [2.45, 2.75) is 39.4 Å². The number of halogens is 3. The molecule has 15 heavy (non-hydrogen) atoms. The Morgan fingerprint density at radius 1 is 1.27 bits per heavy atom. The van der Waals surface area contributed by atoms with Crippen LogP contribution < -0.4 is 5.32 Å². The molecule has 0 aromatic heterocycles. The maximum Gasteiger partial charge on any atom is 0.471 e. The first-order valence-electron chi connectivity index (χ1n) is 4.52. The molecule has 3 nitrogen and oxygen atoms in total. The zero-order valence-corrected chi connectivity index (χ0v) is 8.81. The van der Waals surface area contributed by atoms with E-state index < -0.39 is 23.9 Å². The van der Waals surface area contributed by atoms with Gasteiger partial charge in [-0.15, -0.1) is 0 Å². The molecule has 0 heterocycles. The smallest absolute Gasteiger partial charge is 0.338 e. The first kappa shape index (κ1) is 13.9. The number of hydrogen-bond donors (Lipinski definition) is 1. The molecule has 0 saturated heterocycles. The number of ketones is 1. The van der Waals surface area contributed by atoms with E-state index in [0.717, 1.165) is 6.92 Å². The molecule has 0 radical (unpaired) electrons. The Hall–Kier alpha value is -1.07. The van der Waals surface area contributed by atoms with E-state index in [1.165, 1.54) is 0 Å². The summed E-state index contributed by atoms with van der Waals surface area (Å²) in [5.41, 5.74) is 0. The molecule has 0 fully saturated rings. The summed E-state index contributed by atoms with van der Waals surface area (Å²) in [5, 5.41) is 1.67. The largest absolute Gasteiger partial charge is 0.471 e. The van der Waals surface area contributed by atoms with Crippen molar-refractivity contribution in [3.05, 3.63) is 0 Å². The topological polar surface area (TPSA) is 46.2 Å². The summed E-state index contributed by atoms with van der Waals surface area (Å²) in [6.45, 7) is 4.68. The first-order chi connectivity index (χ1) is 6.64. The fourth-order valence-electron chi connectivity index (χ4n) is 1.04. The molecule has 6 heteroatoms. The van der Waals surface area contributed by atoms with Crippen molar-refractivity contribution in [1.82, 2.24) is 5.32 Å². The third-order valence-electron chi connectivity index (χ3n) is 1.76. The average Bonchev–Trinajstić information content (AvgIpc) is 1.99. The second-order valence-electron chi connectivity index (χ2n) is 3.76. The van der Waals surface area contributed by atoms with Crippen molar-refractivity contribution in [1.29, 1.82) is 0 Å². The van der Waals surface area contributed by atoms with Crippen LogP contribution in [0.1, 0.15) is 27.2 Å². The Bertz CT molecular complexity index is 248. The van der Waals surface area contributed by atoms with Crippen molar-refractivity contribution >= 4 is 11.7 Å². The van der Waals surface area contributed by atoms with Crippen LogP contribution in [0.3, 0.4) is 0 Å². The minimum Gasteiger partial charge on any atom is -0.338 e. The minimum atomic E-state index is -4.94. The molecule has 1 N–H and O–H groups in total. The molecule has 0 bridgehead atoms. The normalized spacial score (nSPS) is 13.8. The summed E-state index contributed by atoms with van der Waals surface area (Å²) in [6, 6.07) is -1.06. The van der Waals surface area contributed by atoms with E-state index in [9.17, 15) is 22.8 Å². The SMILES string of the molecule is CC(=O)C(CC(C)C)NC(=O)C(F)(F)F. The van der Waals surface area contributed by atoms with E-state index in [-0.39, 0.29) is 12.3 Å². The lowest BCUT2D eigenvalue weighted by atomic mass is 10.0. The summed E-state index contributed by atoms with van der Waals surface area (Å²) in [7, 11) is 0. The van der Waals surface area contributed by atoms with Gasteiger partial charge in [0, 0.05) is 0 Å². The van der Waals surface area contributed by atoms with Crippen molar-refractivity contribution in [2.75, 3.05) is 0 Å². The molecular formula is C9H14F3NO2. The zero-order valence-electron chi connectivity index (χ0n) is 8.81. The quantitative estimate of drug-likeness (QED) is 0.791. The van der Waals surface area contributed by atoms with Crippen molar-refractivity contribution < 1.29 is 22.8 Å². The Balaban J connectivity index is 4.43. The van der Waals surface area contributed by atoms with Gasteiger partial charge in [0.1, 0.15) is 0 Å². The lowest BCUT2D eigenvalue weighted by Crippen LogP contribution is -2.46. The highest BCUT2D eigenvalue weighted by Gasteiger charge is 2.40. The predicted octanol–water partition coefficient (Wildman–Crippen LogP) is 1.67. The zero-order chi connectivity index (χ0) is 12.2. The maximum absolute atomic E-state index is 11.9. The Morgan fingerprint density at radius 2 is 1.73 bits per heavy atom. The van der Waals surface area contributed by atoms with Crippen LogP contribution in [-0.4, -0.2) is 23.9 Å². The Labute approximate surface area is 86.0 Å². The third kappa shape index (κ3) is 5.39. The number of hydrogen-bond acceptors (Lipinski definition) is 2. The minimum absolute atomic E-state index is 0.0347. The highest BCUT2D eigenvalue weighted by atomic mass is 19.4. The van der Waals surface area contributed by atoms with Crippen molar-refractivity contribution in [3.63, 3.8) is 0 Å². The van der Waals surface area contributed by atoms with Crippen LogP contribution in [0.2, 0.25) is 0 Å². The van der Waals surface area contributed by atoms with Crippen LogP contribution in [0.25, 0.3) is 0 Å². The molecule has 0 aromatic rings. The van der Waals surface area contributed by atoms with Crippen LogP contribution >= 0.6 is 0 Å². The number of alkyl halides is 3. The van der Waals surface area contributed by atoms with Gasteiger partial charge in [-0.2, -0.15) is 13.2 Å². The summed E-state index contributed by atoms with van der Waals surface area (Å²) in [5.74, 6) is -2.50. The molecule has 0 saturated carbocycles. The first-order valence-corrected chi connectivity index (χ1v) is 4.52. The van der Waals surface area contributed by atoms with Gasteiger partial charge in [-0.25, -0.2) is 0 Å². The summed E-state index contributed by atoms with van der Waals surface area (Å²) >= 11 is 0. The second-order valence-corrected chi connectivity index (χ2v) is 3.76. The molecule has 1 atom stereocenters. The van der Waals surface area contributed by atoms with Crippen molar-refractivity contribution in [3.8, 4) is 0 Å². The van der Waals surface area contributed by atoms with Gasteiger partial charge in [0.05, 0.1) is 6.04 Å². The van der Waals surface area contributed by atoms with Crippen LogP contribution in [0.4, 0.5) is 13.2 Å². The fourth-order valence-corrected chi connectivity index (χ4v) is 1.04. The van der Waals surface area contributed by atoms with Gasteiger partial charge < -0.3 is 5.32 Å². The number of nitrogens with one attached hydrogen (secondary N) is 1. The predicted molar refractivity (Wildman–Crippen MR) is 48.1 cm³/mol. The Morgan fingerprint density at radius 3 is 2.00 bits per heavy atom. The molecule has 88 valence electrons. The number of carbonyl (C=O) groups is 2. The summed E-state index contributed by atoms with van der Waals surface area (Å²) < 4.78 is 35.7. The van der Waals surface area contributed by atoms with Crippen LogP contribution in [-0.2, 0) is 9.59 Å². The molecule has 0 aliphatic rings. The number of amides is 1.